The van der Waals surface area contributed by atoms with Crippen LogP contribution in [0.15, 0.2) is 8.68 Å². The maximum atomic E-state index is 11.6. The minimum atomic E-state index is -0.926. The maximum Gasteiger partial charge on any atom is 0.318 e. The number of thioether (sulfide) groups is 2. The largest absolute Gasteiger partial charge is 0.351 e. The molecule has 0 aliphatic carbocycles. The van der Waals surface area contributed by atoms with Crippen LogP contribution in [0.4, 0.5) is 9.59 Å². The van der Waals surface area contributed by atoms with E-state index in [2.05, 4.69) is 10.2 Å². The van der Waals surface area contributed by atoms with Gasteiger partial charge in [-0.25, -0.2) is 9.59 Å². The van der Waals surface area contributed by atoms with E-state index >= 15 is 0 Å². The molecule has 1 aromatic rings. The van der Waals surface area contributed by atoms with Crippen LogP contribution >= 0.6 is 34.9 Å². The van der Waals surface area contributed by atoms with Gasteiger partial charge in [0.1, 0.15) is 0 Å². The number of carbonyl (C=O) groups is 4. The molecule has 1 rings (SSSR count). The summed E-state index contributed by atoms with van der Waals surface area (Å²) in [4.78, 5) is 44.3. The van der Waals surface area contributed by atoms with Crippen molar-refractivity contribution in [1.29, 1.82) is 0 Å². The summed E-state index contributed by atoms with van der Waals surface area (Å²) in [6, 6.07) is -1.85. The van der Waals surface area contributed by atoms with Gasteiger partial charge >= 0.3 is 12.1 Å². The number of imide groups is 2. The smallest absolute Gasteiger partial charge is 0.318 e. The molecule has 0 bridgehead atoms. The molecule has 0 aliphatic heterocycles. The van der Waals surface area contributed by atoms with Crippen LogP contribution in [0, 0.1) is 0 Å². The first kappa shape index (κ1) is 19.2. The number of nitrogens with one attached hydrogen (secondary N) is 2. The van der Waals surface area contributed by atoms with E-state index in [0.29, 0.717) is 8.68 Å². The first-order valence-electron chi connectivity index (χ1n) is 6.06. The van der Waals surface area contributed by atoms with Crippen LogP contribution in [0.5, 0.6) is 0 Å². The van der Waals surface area contributed by atoms with Crippen molar-refractivity contribution in [2.24, 2.45) is 11.5 Å². The molecule has 2 unspecified atom stereocenters. The van der Waals surface area contributed by atoms with Gasteiger partial charge in [0.25, 0.3) is 0 Å². The third kappa shape index (κ3) is 6.83. The second-order valence-electron chi connectivity index (χ2n) is 4.06. The Labute approximate surface area is 143 Å². The van der Waals surface area contributed by atoms with E-state index in [0.717, 1.165) is 23.5 Å². The molecular weight excluding hydrogens is 364 g/mol. The van der Waals surface area contributed by atoms with Gasteiger partial charge in [0.2, 0.25) is 11.8 Å². The zero-order valence-electron chi connectivity index (χ0n) is 12.1. The lowest BCUT2D eigenvalue weighted by Gasteiger charge is -2.07. The molecule has 126 valence electrons. The lowest BCUT2D eigenvalue weighted by atomic mass is 10.4. The summed E-state index contributed by atoms with van der Waals surface area (Å²) in [5.41, 5.74) is 9.73. The fraction of sp³-hybridized carbons (Fsp3) is 0.400. The maximum absolute atomic E-state index is 11.6. The molecule has 23 heavy (non-hydrogen) atoms. The molecule has 6 amide bonds. The molecular formula is C10H14N6O4S3. The van der Waals surface area contributed by atoms with Crippen LogP contribution in [0.3, 0.4) is 0 Å². The summed E-state index contributed by atoms with van der Waals surface area (Å²) in [5, 5.41) is 10.5. The van der Waals surface area contributed by atoms with Crippen LogP contribution in [0.25, 0.3) is 0 Å². The summed E-state index contributed by atoms with van der Waals surface area (Å²) < 4.78 is 0.976. The van der Waals surface area contributed by atoms with Crippen LogP contribution < -0.4 is 22.1 Å². The Hall–Kier alpha value is -1.86. The van der Waals surface area contributed by atoms with Crippen molar-refractivity contribution < 1.29 is 19.2 Å². The number of nitrogens with zero attached hydrogens (tertiary/aromatic N) is 2. The van der Waals surface area contributed by atoms with E-state index in [4.69, 9.17) is 11.5 Å². The van der Waals surface area contributed by atoms with Crippen LogP contribution in [0.1, 0.15) is 13.8 Å². The topological polar surface area (TPSA) is 170 Å². The summed E-state index contributed by atoms with van der Waals surface area (Å²) in [7, 11) is 0. The third-order valence-corrected chi connectivity index (χ3v) is 5.47. The highest BCUT2D eigenvalue weighted by molar-refractivity contribution is 8.04. The van der Waals surface area contributed by atoms with Crippen molar-refractivity contribution in [3.63, 3.8) is 0 Å². The number of amides is 6. The van der Waals surface area contributed by atoms with E-state index < -0.39 is 34.4 Å². The number of nitrogens with two attached hydrogens (primary N) is 2. The standard InChI is InChI=1S/C10H14N6O4S3/c1-3(5(17)13-7(11)19)21-9-15-16-10(23-9)22-4(2)6(18)14-8(12)20/h3-4H,1-2H3,(H3,11,13,17,19)(H3,12,14,18,20). The molecule has 13 heteroatoms. The predicted molar refractivity (Wildman–Crippen MR) is 86.0 cm³/mol. The minimum absolute atomic E-state index is 0.488. The van der Waals surface area contributed by atoms with Gasteiger partial charge in [0.05, 0.1) is 10.5 Å². The Morgan fingerprint density at radius 1 is 0.913 bits per heavy atom. The van der Waals surface area contributed by atoms with E-state index in [9.17, 15) is 19.2 Å². The molecule has 10 nitrogen and oxygen atoms in total. The van der Waals surface area contributed by atoms with Crippen molar-refractivity contribution >= 4 is 58.7 Å². The Bertz CT molecular complexity index is 571. The quantitative estimate of drug-likeness (QED) is 0.497. The first-order chi connectivity index (χ1) is 10.7. The Morgan fingerprint density at radius 3 is 1.57 bits per heavy atom. The van der Waals surface area contributed by atoms with Crippen molar-refractivity contribution in [3.05, 3.63) is 0 Å². The highest BCUT2D eigenvalue weighted by Crippen LogP contribution is 2.33. The zero-order chi connectivity index (χ0) is 17.6. The SMILES string of the molecule is CC(Sc1nnc(SC(C)C(=O)NC(N)=O)s1)C(=O)NC(N)=O. The van der Waals surface area contributed by atoms with Gasteiger partial charge in [-0.15, -0.1) is 10.2 Å². The van der Waals surface area contributed by atoms with Crippen molar-refractivity contribution in [2.75, 3.05) is 0 Å². The van der Waals surface area contributed by atoms with Crippen molar-refractivity contribution in [1.82, 2.24) is 20.8 Å². The summed E-state index contributed by atoms with van der Waals surface area (Å²) in [6.45, 7) is 3.17. The number of aromatic nitrogens is 2. The Balaban J connectivity index is 2.57. The molecule has 0 spiro atoms. The Morgan fingerprint density at radius 2 is 1.26 bits per heavy atom. The zero-order valence-corrected chi connectivity index (χ0v) is 14.5. The van der Waals surface area contributed by atoms with Crippen molar-refractivity contribution in [3.8, 4) is 0 Å². The fourth-order valence-electron chi connectivity index (χ4n) is 1.15. The normalized spacial score (nSPS) is 13.0. The second-order valence-corrected chi connectivity index (χ2v) is 8.21. The number of urea groups is 2. The molecule has 1 aromatic heterocycles. The average molecular weight is 378 g/mol. The second kappa shape index (κ2) is 8.69. The minimum Gasteiger partial charge on any atom is -0.351 e. The van der Waals surface area contributed by atoms with E-state index in [1.165, 1.54) is 11.3 Å². The van der Waals surface area contributed by atoms with Gasteiger partial charge in [-0.05, 0) is 13.8 Å². The van der Waals surface area contributed by atoms with Crippen LogP contribution in [0.2, 0.25) is 0 Å². The predicted octanol–water partition coefficient (Wildman–Crippen LogP) is -0.111. The number of hydrogen-bond donors (Lipinski definition) is 4. The summed E-state index contributed by atoms with van der Waals surface area (Å²) in [6.07, 6.45) is 0. The van der Waals surface area contributed by atoms with Gasteiger partial charge in [0, 0.05) is 0 Å². The van der Waals surface area contributed by atoms with Crippen LogP contribution in [-0.4, -0.2) is 44.6 Å². The van der Waals surface area contributed by atoms with Gasteiger partial charge in [0.15, 0.2) is 8.68 Å². The highest BCUT2D eigenvalue weighted by atomic mass is 32.2. The molecule has 0 aromatic carbocycles. The summed E-state index contributed by atoms with van der Waals surface area (Å²) >= 11 is 3.37. The number of rotatable bonds is 6. The molecule has 6 N–H and O–H groups in total. The number of hydrogen-bond acceptors (Lipinski definition) is 9. The van der Waals surface area contributed by atoms with E-state index in [1.807, 2.05) is 10.6 Å². The molecule has 0 aliphatic rings. The lowest BCUT2D eigenvalue weighted by molar-refractivity contribution is -0.120. The molecule has 0 fully saturated rings. The lowest BCUT2D eigenvalue weighted by Crippen LogP contribution is -2.39. The summed E-state index contributed by atoms with van der Waals surface area (Å²) in [5.74, 6) is -1.08. The molecule has 0 saturated heterocycles. The number of carbonyl (C=O) groups excluding carboxylic acids is 4. The van der Waals surface area contributed by atoms with Gasteiger partial charge in [-0.3, -0.25) is 20.2 Å². The molecule has 0 radical (unpaired) electrons. The molecule has 0 saturated carbocycles. The monoisotopic (exact) mass is 378 g/mol. The first-order valence-corrected chi connectivity index (χ1v) is 8.64. The van der Waals surface area contributed by atoms with E-state index in [-0.39, 0.29) is 0 Å². The van der Waals surface area contributed by atoms with Crippen LogP contribution in [-0.2, 0) is 9.59 Å². The van der Waals surface area contributed by atoms with Gasteiger partial charge < -0.3 is 11.5 Å². The van der Waals surface area contributed by atoms with Gasteiger partial charge in [-0.1, -0.05) is 34.9 Å². The molecule has 1 heterocycles. The van der Waals surface area contributed by atoms with E-state index in [1.54, 1.807) is 13.8 Å². The Kier molecular flexibility index (Phi) is 7.25. The van der Waals surface area contributed by atoms with Crippen molar-refractivity contribution in [2.45, 2.75) is 33.0 Å². The average Bonchev–Trinajstić information content (AvgIpc) is 2.84. The van der Waals surface area contributed by atoms with Gasteiger partial charge in [-0.2, -0.15) is 0 Å². The molecule has 2 atom stereocenters. The highest BCUT2D eigenvalue weighted by Gasteiger charge is 2.21. The fourth-order valence-corrected chi connectivity index (χ4v) is 4.46. The third-order valence-electron chi connectivity index (χ3n) is 2.17. The number of primary amides is 2.